The van der Waals surface area contributed by atoms with Crippen LogP contribution in [0.2, 0.25) is 5.02 Å². The Kier molecular flexibility index (Phi) is 4.04. The molecule has 0 aliphatic rings. The SMILES string of the molecule is OCc1cc(Cl)c(CCl)c(C(F)F)n1. The number of hydrogen-bond donors (Lipinski definition) is 1. The Morgan fingerprint density at radius 1 is 1.50 bits per heavy atom. The lowest BCUT2D eigenvalue weighted by Gasteiger charge is -2.09. The van der Waals surface area contributed by atoms with Gasteiger partial charge in [-0.1, -0.05) is 11.6 Å². The molecule has 0 aromatic carbocycles. The van der Waals surface area contributed by atoms with Crippen LogP contribution in [0.1, 0.15) is 23.4 Å². The molecule has 0 amide bonds. The van der Waals surface area contributed by atoms with Gasteiger partial charge in [0.1, 0.15) is 5.69 Å². The third-order valence-electron chi connectivity index (χ3n) is 1.66. The van der Waals surface area contributed by atoms with Crippen LogP contribution in [-0.4, -0.2) is 10.1 Å². The van der Waals surface area contributed by atoms with Crippen molar-refractivity contribution in [3.05, 3.63) is 28.0 Å². The zero-order valence-corrected chi connectivity index (χ0v) is 8.49. The van der Waals surface area contributed by atoms with Gasteiger partial charge in [0.25, 0.3) is 6.43 Å². The largest absolute Gasteiger partial charge is 0.390 e. The van der Waals surface area contributed by atoms with Gasteiger partial charge < -0.3 is 5.11 Å². The Hall–Kier alpha value is -0.450. The van der Waals surface area contributed by atoms with Gasteiger partial charge in [0, 0.05) is 10.6 Å². The average molecular weight is 242 g/mol. The predicted molar refractivity (Wildman–Crippen MR) is 49.7 cm³/mol. The standard InChI is InChI=1S/C8H7Cl2F2NO/c9-2-5-6(10)1-4(3-14)13-7(5)8(11)12/h1,8,14H,2-3H2. The molecule has 78 valence electrons. The van der Waals surface area contributed by atoms with Crippen LogP contribution in [-0.2, 0) is 12.5 Å². The van der Waals surface area contributed by atoms with E-state index in [9.17, 15) is 8.78 Å². The van der Waals surface area contributed by atoms with Crippen LogP contribution in [0.3, 0.4) is 0 Å². The first-order valence-electron chi connectivity index (χ1n) is 3.73. The van der Waals surface area contributed by atoms with Crippen LogP contribution in [0.5, 0.6) is 0 Å². The number of aromatic nitrogens is 1. The van der Waals surface area contributed by atoms with E-state index < -0.39 is 18.7 Å². The number of aliphatic hydroxyl groups excluding tert-OH is 1. The monoisotopic (exact) mass is 241 g/mol. The topological polar surface area (TPSA) is 33.1 Å². The number of pyridine rings is 1. The van der Waals surface area contributed by atoms with Gasteiger partial charge in [-0.05, 0) is 6.07 Å². The first-order chi connectivity index (χ1) is 6.60. The molecule has 0 radical (unpaired) electrons. The predicted octanol–water partition coefficient (Wildman–Crippen LogP) is 2.90. The number of hydrogen-bond acceptors (Lipinski definition) is 2. The Labute approximate surface area is 89.5 Å². The normalized spacial score (nSPS) is 11.0. The van der Waals surface area contributed by atoms with Gasteiger partial charge in [-0.2, -0.15) is 0 Å². The second-order valence-corrected chi connectivity index (χ2v) is 3.23. The molecule has 0 atom stereocenters. The van der Waals surface area contributed by atoms with E-state index in [-0.39, 0.29) is 22.2 Å². The quantitative estimate of drug-likeness (QED) is 0.826. The molecule has 0 fully saturated rings. The molecule has 1 heterocycles. The van der Waals surface area contributed by atoms with Crippen molar-refractivity contribution < 1.29 is 13.9 Å². The summed E-state index contributed by atoms with van der Waals surface area (Å²) >= 11 is 11.1. The van der Waals surface area contributed by atoms with E-state index in [4.69, 9.17) is 28.3 Å². The fourth-order valence-corrected chi connectivity index (χ4v) is 1.64. The molecule has 0 saturated carbocycles. The third kappa shape index (κ3) is 2.32. The summed E-state index contributed by atoms with van der Waals surface area (Å²) < 4.78 is 24.9. The highest BCUT2D eigenvalue weighted by atomic mass is 35.5. The summed E-state index contributed by atoms with van der Waals surface area (Å²) in [5.74, 6) is -0.128. The molecule has 14 heavy (non-hydrogen) atoms. The van der Waals surface area contributed by atoms with Crippen LogP contribution in [0.25, 0.3) is 0 Å². The lowest BCUT2D eigenvalue weighted by atomic mass is 10.2. The van der Waals surface area contributed by atoms with Gasteiger partial charge in [0.2, 0.25) is 0 Å². The second-order valence-electron chi connectivity index (χ2n) is 2.55. The van der Waals surface area contributed by atoms with E-state index >= 15 is 0 Å². The number of rotatable bonds is 3. The maximum absolute atomic E-state index is 12.4. The maximum atomic E-state index is 12.4. The van der Waals surface area contributed by atoms with Crippen molar-refractivity contribution in [3.63, 3.8) is 0 Å². The van der Waals surface area contributed by atoms with E-state index in [1.807, 2.05) is 0 Å². The highest BCUT2D eigenvalue weighted by Gasteiger charge is 2.18. The number of aliphatic hydroxyl groups is 1. The molecule has 0 saturated heterocycles. The summed E-state index contributed by atoms with van der Waals surface area (Å²) in [6.45, 7) is -0.429. The molecular formula is C8H7Cl2F2NO. The number of alkyl halides is 3. The molecule has 6 heteroatoms. The van der Waals surface area contributed by atoms with Crippen molar-refractivity contribution >= 4 is 23.2 Å². The van der Waals surface area contributed by atoms with E-state index in [0.717, 1.165) is 0 Å². The van der Waals surface area contributed by atoms with Crippen molar-refractivity contribution in [2.24, 2.45) is 0 Å². The van der Waals surface area contributed by atoms with Crippen molar-refractivity contribution in [1.29, 1.82) is 0 Å². The van der Waals surface area contributed by atoms with Gasteiger partial charge in [-0.15, -0.1) is 11.6 Å². The highest BCUT2D eigenvalue weighted by Crippen LogP contribution is 2.28. The Balaban J connectivity index is 3.28. The highest BCUT2D eigenvalue weighted by molar-refractivity contribution is 6.32. The zero-order chi connectivity index (χ0) is 10.7. The summed E-state index contributed by atoms with van der Waals surface area (Å²) in [5.41, 5.74) is -0.240. The molecule has 2 nitrogen and oxygen atoms in total. The zero-order valence-electron chi connectivity index (χ0n) is 6.98. The van der Waals surface area contributed by atoms with Crippen molar-refractivity contribution in [3.8, 4) is 0 Å². The van der Waals surface area contributed by atoms with Crippen molar-refractivity contribution in [2.75, 3.05) is 0 Å². The van der Waals surface area contributed by atoms with Crippen molar-refractivity contribution in [2.45, 2.75) is 18.9 Å². The molecule has 0 unspecified atom stereocenters. The van der Waals surface area contributed by atoms with Gasteiger partial charge in [-0.3, -0.25) is 0 Å². The minimum atomic E-state index is -2.74. The Bertz CT molecular complexity index is 333. The van der Waals surface area contributed by atoms with E-state index in [1.165, 1.54) is 6.07 Å². The second kappa shape index (κ2) is 4.87. The molecule has 0 aliphatic heterocycles. The maximum Gasteiger partial charge on any atom is 0.280 e. The van der Waals surface area contributed by atoms with Gasteiger partial charge >= 0.3 is 0 Å². The van der Waals surface area contributed by atoms with Crippen LogP contribution < -0.4 is 0 Å². The third-order valence-corrected chi connectivity index (χ3v) is 2.26. The smallest absolute Gasteiger partial charge is 0.280 e. The van der Waals surface area contributed by atoms with Crippen LogP contribution in [0.15, 0.2) is 6.07 Å². The molecule has 0 aliphatic carbocycles. The molecular weight excluding hydrogens is 235 g/mol. The Morgan fingerprint density at radius 3 is 2.57 bits per heavy atom. The minimum Gasteiger partial charge on any atom is -0.390 e. The fraction of sp³-hybridized carbons (Fsp3) is 0.375. The van der Waals surface area contributed by atoms with Crippen LogP contribution in [0.4, 0.5) is 8.78 Å². The van der Waals surface area contributed by atoms with Crippen LogP contribution >= 0.6 is 23.2 Å². The van der Waals surface area contributed by atoms with E-state index in [2.05, 4.69) is 4.98 Å². The van der Waals surface area contributed by atoms with E-state index in [0.29, 0.717) is 0 Å². The lowest BCUT2D eigenvalue weighted by Crippen LogP contribution is -2.02. The summed E-state index contributed by atoms with van der Waals surface area (Å²) in [7, 11) is 0. The fourth-order valence-electron chi connectivity index (χ4n) is 1.00. The summed E-state index contributed by atoms with van der Waals surface area (Å²) in [4.78, 5) is 3.55. The van der Waals surface area contributed by atoms with E-state index in [1.54, 1.807) is 0 Å². The summed E-state index contributed by atoms with van der Waals surface area (Å²) in [6.07, 6.45) is -2.74. The Morgan fingerprint density at radius 2 is 2.14 bits per heavy atom. The molecule has 1 aromatic heterocycles. The molecule has 0 spiro atoms. The van der Waals surface area contributed by atoms with Gasteiger partial charge in [0.05, 0.1) is 18.2 Å². The molecule has 0 bridgehead atoms. The summed E-state index contributed by atoms with van der Waals surface area (Å²) in [5, 5.41) is 8.84. The average Bonchev–Trinajstić information content (AvgIpc) is 2.16. The van der Waals surface area contributed by atoms with Crippen LogP contribution in [0, 0.1) is 0 Å². The number of halogens is 4. The molecule has 1 aromatic rings. The molecule has 1 rings (SSSR count). The van der Waals surface area contributed by atoms with Gasteiger partial charge in [0.15, 0.2) is 0 Å². The van der Waals surface area contributed by atoms with Crippen molar-refractivity contribution in [1.82, 2.24) is 4.98 Å². The number of nitrogens with zero attached hydrogens (tertiary/aromatic N) is 1. The first-order valence-corrected chi connectivity index (χ1v) is 4.64. The first kappa shape index (κ1) is 11.6. The summed E-state index contributed by atoms with van der Waals surface area (Å²) in [6, 6.07) is 1.32. The lowest BCUT2D eigenvalue weighted by molar-refractivity contribution is 0.144. The molecule has 1 N–H and O–H groups in total. The minimum absolute atomic E-state index is 0.106. The van der Waals surface area contributed by atoms with Gasteiger partial charge in [-0.25, -0.2) is 13.8 Å².